The van der Waals surface area contributed by atoms with Gasteiger partial charge in [0.15, 0.2) is 5.72 Å². The van der Waals surface area contributed by atoms with Gasteiger partial charge >= 0.3 is 12.4 Å². The molecule has 103 valence electrons. The summed E-state index contributed by atoms with van der Waals surface area (Å²) in [5.74, 6) is 0. The lowest BCUT2D eigenvalue weighted by atomic mass is 10.2. The van der Waals surface area contributed by atoms with E-state index in [1.54, 1.807) is 22.6 Å². The van der Waals surface area contributed by atoms with Crippen LogP contribution >= 0.6 is 22.6 Å². The second-order valence-corrected chi connectivity index (χ2v) is 4.68. The normalized spacial score (nSPS) is 25.1. The third-order valence-corrected chi connectivity index (χ3v) is 2.51. The molecule has 0 fully saturated rings. The number of halogens is 7. The molecule has 0 bridgehead atoms. The third-order valence-electron chi connectivity index (χ3n) is 1.93. The number of nitrogens with one attached hydrogen (secondary N) is 1. The van der Waals surface area contributed by atoms with E-state index in [2.05, 4.69) is 16.1 Å². The number of rotatable bonds is 2. The monoisotopic (exact) mass is 386 g/mol. The summed E-state index contributed by atoms with van der Waals surface area (Å²) < 4.78 is 78.3. The van der Waals surface area contributed by atoms with Crippen LogP contribution in [-0.2, 0) is 4.74 Å². The van der Waals surface area contributed by atoms with Gasteiger partial charge in [0.2, 0.25) is 0 Å². The molecule has 0 spiro atoms. The molecule has 0 aromatic carbocycles. The zero-order chi connectivity index (χ0) is 14.2. The fourth-order valence-corrected chi connectivity index (χ4v) is 1.92. The molecule has 0 amide bonds. The molecule has 1 unspecified atom stereocenters. The topological polar surface area (TPSA) is 21.3 Å². The van der Waals surface area contributed by atoms with E-state index < -0.39 is 24.2 Å². The van der Waals surface area contributed by atoms with Gasteiger partial charge in [-0.3, -0.25) is 0 Å². The van der Waals surface area contributed by atoms with E-state index in [1.165, 1.54) is 6.08 Å². The Kier molecular flexibility index (Phi) is 4.26. The molecule has 1 heterocycles. The fraction of sp³-hybridized carbons (Fsp3) is 0.556. The summed E-state index contributed by atoms with van der Waals surface area (Å²) in [6.07, 6.45) is -10.1. The molecule has 2 nitrogen and oxygen atoms in total. The fourth-order valence-electron chi connectivity index (χ4n) is 1.20. The SMILES string of the molecule is CC1(OC(C(F)(F)F)C(F)(F)F)C=C[C]=C(I)N1. The van der Waals surface area contributed by atoms with Crippen LogP contribution in [0.1, 0.15) is 6.92 Å². The minimum Gasteiger partial charge on any atom is -0.349 e. The molecule has 1 N–H and O–H groups in total. The van der Waals surface area contributed by atoms with Crippen molar-refractivity contribution in [3.63, 3.8) is 0 Å². The minimum absolute atomic E-state index is 0.251. The van der Waals surface area contributed by atoms with Crippen LogP contribution in [0.3, 0.4) is 0 Å². The van der Waals surface area contributed by atoms with Gasteiger partial charge in [0.25, 0.3) is 6.10 Å². The average Bonchev–Trinajstić information content (AvgIpc) is 2.10. The van der Waals surface area contributed by atoms with Gasteiger partial charge in [0, 0.05) is 6.08 Å². The molecule has 1 aliphatic rings. The van der Waals surface area contributed by atoms with Crippen molar-refractivity contribution in [2.75, 3.05) is 0 Å². The standard InChI is InChI=1S/C9H7F6INO/c1-7(4-2-3-5(16)17-7)18-6(8(10,11)12)9(13,14)15/h2,4,6,17H,1H3. The molecule has 0 saturated carbocycles. The highest BCUT2D eigenvalue weighted by molar-refractivity contribution is 14.1. The predicted molar refractivity (Wildman–Crippen MR) is 58.4 cm³/mol. The zero-order valence-corrected chi connectivity index (χ0v) is 10.9. The van der Waals surface area contributed by atoms with Gasteiger partial charge < -0.3 is 10.1 Å². The number of dihydropyridines is 1. The van der Waals surface area contributed by atoms with Crippen molar-refractivity contribution in [1.29, 1.82) is 0 Å². The van der Waals surface area contributed by atoms with Crippen LogP contribution in [-0.4, -0.2) is 24.2 Å². The summed E-state index contributed by atoms with van der Waals surface area (Å²) in [5.41, 5.74) is -1.89. The highest BCUT2D eigenvalue weighted by Crippen LogP contribution is 2.38. The van der Waals surface area contributed by atoms with Crippen molar-refractivity contribution < 1.29 is 31.1 Å². The zero-order valence-electron chi connectivity index (χ0n) is 8.79. The van der Waals surface area contributed by atoms with E-state index in [4.69, 9.17) is 0 Å². The summed E-state index contributed by atoms with van der Waals surface area (Å²) in [7, 11) is 0. The van der Waals surface area contributed by atoms with E-state index in [9.17, 15) is 26.3 Å². The molecule has 18 heavy (non-hydrogen) atoms. The highest BCUT2D eigenvalue weighted by Gasteiger charge is 2.60. The average molecular weight is 386 g/mol. The van der Waals surface area contributed by atoms with E-state index >= 15 is 0 Å². The highest BCUT2D eigenvalue weighted by atomic mass is 127. The van der Waals surface area contributed by atoms with Gasteiger partial charge in [0.1, 0.15) is 0 Å². The van der Waals surface area contributed by atoms with Crippen LogP contribution in [0.4, 0.5) is 26.3 Å². The predicted octanol–water partition coefficient (Wildman–Crippen LogP) is 3.45. The maximum absolute atomic E-state index is 12.3. The number of ether oxygens (including phenoxy) is 1. The molecule has 1 aliphatic heterocycles. The Morgan fingerprint density at radius 2 is 1.78 bits per heavy atom. The minimum atomic E-state index is -5.53. The van der Waals surface area contributed by atoms with E-state index in [1.807, 2.05) is 0 Å². The smallest absolute Gasteiger partial charge is 0.349 e. The Bertz CT molecular complexity index is 360. The number of hydrogen-bond donors (Lipinski definition) is 1. The van der Waals surface area contributed by atoms with Gasteiger partial charge in [-0.1, -0.05) is 6.08 Å². The molecule has 1 rings (SSSR count). The summed E-state index contributed by atoms with van der Waals surface area (Å²) in [6, 6.07) is 0. The van der Waals surface area contributed by atoms with Crippen LogP contribution in [0.25, 0.3) is 0 Å². The first-order chi connectivity index (χ1) is 7.94. The molecule has 0 aromatic heterocycles. The molecule has 0 aromatic rings. The Morgan fingerprint density at radius 3 is 2.17 bits per heavy atom. The van der Waals surface area contributed by atoms with Crippen LogP contribution in [0.5, 0.6) is 0 Å². The summed E-state index contributed by atoms with van der Waals surface area (Å²) in [4.78, 5) is 0. The lowest BCUT2D eigenvalue weighted by Gasteiger charge is -2.35. The first kappa shape index (κ1) is 15.6. The third kappa shape index (κ3) is 4.04. The van der Waals surface area contributed by atoms with Gasteiger partial charge in [-0.25, -0.2) is 0 Å². The maximum Gasteiger partial charge on any atom is 0.423 e. The lowest BCUT2D eigenvalue weighted by molar-refractivity contribution is -0.340. The second-order valence-electron chi connectivity index (χ2n) is 3.60. The molecular weight excluding hydrogens is 379 g/mol. The lowest BCUT2D eigenvalue weighted by Crippen LogP contribution is -2.54. The van der Waals surface area contributed by atoms with Crippen molar-refractivity contribution in [2.24, 2.45) is 0 Å². The number of alkyl halides is 6. The Balaban J connectivity index is 2.92. The van der Waals surface area contributed by atoms with Crippen molar-refractivity contribution >= 4 is 22.6 Å². The Morgan fingerprint density at radius 1 is 1.28 bits per heavy atom. The molecule has 9 heteroatoms. The summed E-state index contributed by atoms with van der Waals surface area (Å²) in [6.45, 7) is 1.06. The van der Waals surface area contributed by atoms with E-state index in [0.29, 0.717) is 0 Å². The van der Waals surface area contributed by atoms with Crippen LogP contribution < -0.4 is 5.32 Å². The van der Waals surface area contributed by atoms with E-state index in [0.717, 1.165) is 13.0 Å². The summed E-state index contributed by atoms with van der Waals surface area (Å²) in [5, 5.41) is 2.35. The number of hydrogen-bond acceptors (Lipinski definition) is 2. The second kappa shape index (κ2) is 4.91. The molecule has 1 radical (unpaired) electrons. The van der Waals surface area contributed by atoms with Crippen LogP contribution in [0.15, 0.2) is 15.9 Å². The Labute approximate surface area is 112 Å². The van der Waals surface area contributed by atoms with Crippen molar-refractivity contribution in [3.8, 4) is 0 Å². The molecule has 1 atom stereocenters. The largest absolute Gasteiger partial charge is 0.423 e. The van der Waals surface area contributed by atoms with Crippen molar-refractivity contribution in [2.45, 2.75) is 31.1 Å². The maximum atomic E-state index is 12.3. The first-order valence-electron chi connectivity index (χ1n) is 4.50. The van der Waals surface area contributed by atoms with Crippen LogP contribution in [0.2, 0.25) is 0 Å². The summed E-state index contributed by atoms with van der Waals surface area (Å²) >= 11 is 1.67. The van der Waals surface area contributed by atoms with Gasteiger partial charge in [0.05, 0.1) is 3.70 Å². The quantitative estimate of drug-likeness (QED) is 0.446. The van der Waals surface area contributed by atoms with Gasteiger partial charge in [-0.15, -0.1) is 0 Å². The van der Waals surface area contributed by atoms with Crippen molar-refractivity contribution in [1.82, 2.24) is 5.32 Å². The first-order valence-corrected chi connectivity index (χ1v) is 5.58. The van der Waals surface area contributed by atoms with E-state index in [-0.39, 0.29) is 3.70 Å². The Hall–Kier alpha value is -0.450. The van der Waals surface area contributed by atoms with Crippen molar-refractivity contribution in [3.05, 3.63) is 21.9 Å². The number of allylic oxidation sites excluding steroid dienone is 2. The van der Waals surface area contributed by atoms with Gasteiger partial charge in [-0.05, 0) is 35.6 Å². The van der Waals surface area contributed by atoms with Crippen LogP contribution in [0, 0.1) is 6.08 Å². The molecule has 0 saturated heterocycles. The molecular formula is C9H7F6INO. The molecule has 0 aliphatic carbocycles. The van der Waals surface area contributed by atoms with Gasteiger partial charge in [-0.2, -0.15) is 26.3 Å².